The largest absolute Gasteiger partial charge is 0.435 e. The molecule has 0 unspecified atom stereocenters. The van der Waals surface area contributed by atoms with Gasteiger partial charge < -0.3 is 15.2 Å². The number of halogens is 2. The third-order valence-electron chi connectivity index (χ3n) is 3.27. The average molecular weight is 257 g/mol. The van der Waals surface area contributed by atoms with Gasteiger partial charge >= 0.3 is 6.61 Å². The van der Waals surface area contributed by atoms with E-state index in [2.05, 4.69) is 10.1 Å². The van der Waals surface area contributed by atoms with Crippen LogP contribution in [0.1, 0.15) is 18.4 Å². The van der Waals surface area contributed by atoms with Crippen LogP contribution >= 0.6 is 0 Å². The normalized spacial score (nSPS) is 16.9. The van der Waals surface area contributed by atoms with Crippen LogP contribution in [-0.4, -0.2) is 24.9 Å². The number of benzene rings is 1. The van der Waals surface area contributed by atoms with Gasteiger partial charge in [-0.25, -0.2) is 0 Å². The lowest BCUT2D eigenvalue weighted by molar-refractivity contribution is -0.0498. The summed E-state index contributed by atoms with van der Waals surface area (Å²) >= 11 is 0. The number of hydrogen-bond donors (Lipinski definition) is 2. The molecule has 1 aromatic carbocycles. The first-order chi connectivity index (χ1) is 8.63. The van der Waals surface area contributed by atoms with E-state index in [1.807, 2.05) is 0 Å². The molecule has 3 nitrogen and oxygen atoms in total. The summed E-state index contributed by atoms with van der Waals surface area (Å²) in [6.07, 6.45) is 2.13. The first-order valence-corrected chi connectivity index (χ1v) is 5.99. The number of aliphatic hydroxyl groups excluding tert-OH is 1. The fourth-order valence-electron chi connectivity index (χ4n) is 1.83. The zero-order valence-corrected chi connectivity index (χ0v) is 10.0. The van der Waals surface area contributed by atoms with Crippen LogP contribution < -0.4 is 10.1 Å². The summed E-state index contributed by atoms with van der Waals surface area (Å²) in [5.41, 5.74) is 1.09. The molecule has 0 saturated heterocycles. The summed E-state index contributed by atoms with van der Waals surface area (Å²) in [4.78, 5) is 0. The van der Waals surface area contributed by atoms with E-state index in [4.69, 9.17) is 5.11 Å². The van der Waals surface area contributed by atoms with Crippen molar-refractivity contribution in [3.05, 3.63) is 29.8 Å². The molecule has 1 aromatic rings. The quantitative estimate of drug-likeness (QED) is 0.786. The van der Waals surface area contributed by atoms with Gasteiger partial charge in [0.25, 0.3) is 0 Å². The van der Waals surface area contributed by atoms with Gasteiger partial charge in [0.1, 0.15) is 5.75 Å². The van der Waals surface area contributed by atoms with Crippen molar-refractivity contribution in [2.45, 2.75) is 26.0 Å². The SMILES string of the molecule is OCC1(CNCc2ccc(OC(F)F)cc2)CC1. The van der Waals surface area contributed by atoms with Crippen LogP contribution in [0.5, 0.6) is 5.75 Å². The van der Waals surface area contributed by atoms with E-state index in [9.17, 15) is 8.78 Å². The minimum atomic E-state index is -2.78. The van der Waals surface area contributed by atoms with E-state index in [1.54, 1.807) is 12.1 Å². The van der Waals surface area contributed by atoms with E-state index in [0.29, 0.717) is 6.54 Å². The van der Waals surface area contributed by atoms with Crippen molar-refractivity contribution in [2.75, 3.05) is 13.2 Å². The number of rotatable bonds is 7. The molecule has 1 aliphatic carbocycles. The molecule has 0 amide bonds. The van der Waals surface area contributed by atoms with Gasteiger partial charge in [-0.15, -0.1) is 0 Å². The third-order valence-corrected chi connectivity index (χ3v) is 3.27. The van der Waals surface area contributed by atoms with Crippen LogP contribution in [0.15, 0.2) is 24.3 Å². The molecule has 1 aliphatic rings. The molecule has 0 atom stereocenters. The zero-order chi connectivity index (χ0) is 13.0. The van der Waals surface area contributed by atoms with Gasteiger partial charge in [0.05, 0.1) is 0 Å². The lowest BCUT2D eigenvalue weighted by atomic mass is 10.1. The molecule has 0 radical (unpaired) electrons. The van der Waals surface area contributed by atoms with E-state index >= 15 is 0 Å². The van der Waals surface area contributed by atoms with Crippen LogP contribution in [0.3, 0.4) is 0 Å². The highest BCUT2D eigenvalue weighted by Gasteiger charge is 2.41. The number of hydrogen-bond acceptors (Lipinski definition) is 3. The van der Waals surface area contributed by atoms with E-state index in [0.717, 1.165) is 24.9 Å². The van der Waals surface area contributed by atoms with Crippen molar-refractivity contribution < 1.29 is 18.6 Å². The molecule has 1 fully saturated rings. The molecular formula is C13H17F2NO2. The van der Waals surface area contributed by atoms with Crippen LogP contribution in [0.4, 0.5) is 8.78 Å². The summed E-state index contributed by atoms with van der Waals surface area (Å²) in [5, 5.41) is 12.4. The second-order valence-electron chi connectivity index (χ2n) is 4.78. The molecule has 0 heterocycles. The van der Waals surface area contributed by atoms with Crippen LogP contribution in [0.25, 0.3) is 0 Å². The van der Waals surface area contributed by atoms with Gasteiger partial charge in [-0.1, -0.05) is 12.1 Å². The minimum absolute atomic E-state index is 0.0821. The lowest BCUT2D eigenvalue weighted by Crippen LogP contribution is -2.26. The molecule has 0 aliphatic heterocycles. The molecule has 0 aromatic heterocycles. The summed E-state index contributed by atoms with van der Waals surface area (Å²) in [5.74, 6) is 0.169. The number of aliphatic hydroxyl groups is 1. The molecule has 2 N–H and O–H groups in total. The highest BCUT2D eigenvalue weighted by molar-refractivity contribution is 5.27. The second-order valence-corrected chi connectivity index (χ2v) is 4.78. The summed E-state index contributed by atoms with van der Waals surface area (Å²) in [6, 6.07) is 6.57. The molecular weight excluding hydrogens is 240 g/mol. The van der Waals surface area contributed by atoms with E-state index < -0.39 is 6.61 Å². The van der Waals surface area contributed by atoms with Crippen molar-refractivity contribution in [3.63, 3.8) is 0 Å². The second kappa shape index (κ2) is 5.63. The molecule has 100 valence electrons. The summed E-state index contributed by atoms with van der Waals surface area (Å²) in [7, 11) is 0. The lowest BCUT2D eigenvalue weighted by Gasteiger charge is -2.12. The van der Waals surface area contributed by atoms with Gasteiger partial charge in [0.2, 0.25) is 0 Å². The number of nitrogens with one attached hydrogen (secondary N) is 1. The highest BCUT2D eigenvalue weighted by atomic mass is 19.3. The first kappa shape index (κ1) is 13.2. The van der Waals surface area contributed by atoms with Gasteiger partial charge in [0, 0.05) is 25.1 Å². The third kappa shape index (κ3) is 3.65. The average Bonchev–Trinajstić information content (AvgIpc) is 3.11. The van der Waals surface area contributed by atoms with E-state index in [-0.39, 0.29) is 17.8 Å². The highest BCUT2D eigenvalue weighted by Crippen LogP contribution is 2.44. The Morgan fingerprint density at radius 1 is 1.28 bits per heavy atom. The smallest absolute Gasteiger partial charge is 0.387 e. The Bertz CT molecular complexity index is 377. The van der Waals surface area contributed by atoms with Crippen molar-refractivity contribution in [2.24, 2.45) is 5.41 Å². The Hall–Kier alpha value is -1.20. The van der Waals surface area contributed by atoms with Crippen molar-refractivity contribution in [1.82, 2.24) is 5.32 Å². The molecule has 0 spiro atoms. The number of alkyl halides is 2. The standard InChI is InChI=1S/C13H17F2NO2/c14-12(15)18-11-3-1-10(2-4-11)7-16-8-13(9-17)5-6-13/h1-4,12,16-17H,5-9H2. The fourth-order valence-corrected chi connectivity index (χ4v) is 1.83. The van der Waals surface area contributed by atoms with Gasteiger partial charge in [-0.3, -0.25) is 0 Å². The Morgan fingerprint density at radius 2 is 1.94 bits per heavy atom. The summed E-state index contributed by atoms with van der Waals surface area (Å²) in [6.45, 7) is -1.11. The zero-order valence-electron chi connectivity index (χ0n) is 10.0. The molecule has 1 saturated carbocycles. The predicted molar refractivity (Wildman–Crippen MR) is 63.5 cm³/mol. The maximum absolute atomic E-state index is 11.9. The maximum Gasteiger partial charge on any atom is 0.387 e. The van der Waals surface area contributed by atoms with Gasteiger partial charge in [0.15, 0.2) is 0 Å². The topological polar surface area (TPSA) is 41.5 Å². The maximum atomic E-state index is 11.9. The number of ether oxygens (including phenoxy) is 1. The Balaban J connectivity index is 1.76. The van der Waals surface area contributed by atoms with Gasteiger partial charge in [-0.05, 0) is 30.5 Å². The van der Waals surface area contributed by atoms with E-state index in [1.165, 1.54) is 12.1 Å². The molecule has 18 heavy (non-hydrogen) atoms. The fraction of sp³-hybridized carbons (Fsp3) is 0.538. The predicted octanol–water partition coefficient (Wildman–Crippen LogP) is 2.15. The summed E-state index contributed by atoms with van der Waals surface area (Å²) < 4.78 is 28.2. The minimum Gasteiger partial charge on any atom is -0.435 e. The molecule has 0 bridgehead atoms. The van der Waals surface area contributed by atoms with Crippen LogP contribution in [0.2, 0.25) is 0 Å². The molecule has 5 heteroatoms. The van der Waals surface area contributed by atoms with Crippen LogP contribution in [0, 0.1) is 5.41 Å². The van der Waals surface area contributed by atoms with Crippen LogP contribution in [-0.2, 0) is 6.54 Å². The van der Waals surface area contributed by atoms with Crippen molar-refractivity contribution >= 4 is 0 Å². The Morgan fingerprint density at radius 3 is 2.44 bits per heavy atom. The monoisotopic (exact) mass is 257 g/mol. The van der Waals surface area contributed by atoms with Crippen molar-refractivity contribution in [3.8, 4) is 5.75 Å². The first-order valence-electron chi connectivity index (χ1n) is 5.99. The Labute approximate surface area is 105 Å². The molecule has 2 rings (SSSR count). The van der Waals surface area contributed by atoms with Gasteiger partial charge in [-0.2, -0.15) is 8.78 Å². The van der Waals surface area contributed by atoms with Crippen molar-refractivity contribution in [1.29, 1.82) is 0 Å². The Kier molecular flexibility index (Phi) is 4.14.